The fraction of sp³-hybridized carbons (Fsp3) is 0.867. The average Bonchev–Trinajstić information content (AvgIpc) is 2.13. The predicted molar refractivity (Wildman–Crippen MR) is 69.6 cm³/mol. The number of hydrogen-bond donors (Lipinski definition) is 2. The quantitative estimate of drug-likeness (QED) is 0.690. The minimum absolute atomic E-state index is 0.205. The van der Waals surface area contributed by atoms with Crippen molar-refractivity contribution in [1.29, 1.82) is 0 Å². The van der Waals surface area contributed by atoms with Crippen LogP contribution in [-0.4, -0.2) is 21.9 Å². The average molecular weight is 238 g/mol. The van der Waals surface area contributed by atoms with Gasteiger partial charge in [-0.2, -0.15) is 0 Å². The van der Waals surface area contributed by atoms with E-state index in [0.29, 0.717) is 11.8 Å². The highest BCUT2D eigenvalue weighted by Crippen LogP contribution is 2.54. The van der Waals surface area contributed by atoms with Crippen molar-refractivity contribution in [2.24, 2.45) is 17.3 Å². The van der Waals surface area contributed by atoms with E-state index in [9.17, 15) is 10.2 Å². The van der Waals surface area contributed by atoms with Gasteiger partial charge in [-0.3, -0.25) is 0 Å². The molecular formula is C15H26O2. The third kappa shape index (κ3) is 2.43. The molecule has 0 heterocycles. The second-order valence-electron chi connectivity index (χ2n) is 7.05. The second-order valence-corrected chi connectivity index (χ2v) is 7.05. The molecule has 0 saturated heterocycles. The van der Waals surface area contributed by atoms with E-state index < -0.39 is 5.60 Å². The lowest BCUT2D eigenvalue weighted by Crippen LogP contribution is -2.46. The summed E-state index contributed by atoms with van der Waals surface area (Å²) in [5.41, 5.74) is 0.814. The summed E-state index contributed by atoms with van der Waals surface area (Å²) >= 11 is 0. The van der Waals surface area contributed by atoms with Crippen molar-refractivity contribution in [3.8, 4) is 0 Å². The highest BCUT2D eigenvalue weighted by molar-refractivity contribution is 5.15. The molecule has 2 aliphatic carbocycles. The van der Waals surface area contributed by atoms with E-state index >= 15 is 0 Å². The van der Waals surface area contributed by atoms with Crippen LogP contribution in [-0.2, 0) is 0 Å². The molecular weight excluding hydrogens is 212 g/mol. The first-order chi connectivity index (χ1) is 7.72. The third-order valence-electron chi connectivity index (χ3n) is 5.12. The highest BCUT2D eigenvalue weighted by atomic mass is 16.3. The van der Waals surface area contributed by atoms with Crippen LogP contribution < -0.4 is 0 Å². The van der Waals surface area contributed by atoms with Gasteiger partial charge in [0.15, 0.2) is 0 Å². The molecule has 2 rings (SSSR count). The molecule has 17 heavy (non-hydrogen) atoms. The Morgan fingerprint density at radius 1 is 1.41 bits per heavy atom. The van der Waals surface area contributed by atoms with Crippen LogP contribution in [0.1, 0.15) is 52.9 Å². The minimum Gasteiger partial charge on any atom is -0.393 e. The van der Waals surface area contributed by atoms with E-state index in [1.807, 2.05) is 13.8 Å². The van der Waals surface area contributed by atoms with Gasteiger partial charge < -0.3 is 10.2 Å². The molecule has 2 N–H and O–H groups in total. The number of rotatable bonds is 1. The fourth-order valence-corrected chi connectivity index (χ4v) is 3.97. The summed E-state index contributed by atoms with van der Waals surface area (Å²) in [6, 6.07) is 0. The smallest absolute Gasteiger partial charge is 0.0620 e. The molecule has 0 spiro atoms. The highest BCUT2D eigenvalue weighted by Gasteiger charge is 2.47. The molecule has 0 amide bonds. The Balaban J connectivity index is 2.17. The number of hydrogen-bond acceptors (Lipinski definition) is 2. The van der Waals surface area contributed by atoms with Gasteiger partial charge in [-0.25, -0.2) is 0 Å². The molecule has 2 saturated carbocycles. The number of aliphatic hydroxyl groups is 2. The maximum Gasteiger partial charge on any atom is 0.0620 e. The zero-order valence-electron chi connectivity index (χ0n) is 11.4. The molecule has 2 heteroatoms. The van der Waals surface area contributed by atoms with E-state index in [1.165, 1.54) is 5.57 Å². The third-order valence-corrected chi connectivity index (χ3v) is 5.12. The summed E-state index contributed by atoms with van der Waals surface area (Å²) in [6.45, 7) is 10.3. The maximum absolute atomic E-state index is 10.2. The largest absolute Gasteiger partial charge is 0.393 e. The first-order valence-corrected chi connectivity index (χ1v) is 6.80. The van der Waals surface area contributed by atoms with Gasteiger partial charge in [0.25, 0.3) is 0 Å². The van der Waals surface area contributed by atoms with E-state index in [0.717, 1.165) is 32.1 Å². The number of fused-ring (bicyclic) bond motifs is 1. The van der Waals surface area contributed by atoms with Crippen LogP contribution in [0.2, 0.25) is 0 Å². The van der Waals surface area contributed by atoms with Gasteiger partial charge in [0.1, 0.15) is 0 Å². The van der Waals surface area contributed by atoms with Crippen molar-refractivity contribution in [2.75, 3.05) is 0 Å². The minimum atomic E-state index is -0.586. The molecule has 0 bridgehead atoms. The molecule has 2 fully saturated rings. The Morgan fingerprint density at radius 2 is 2.06 bits per heavy atom. The van der Waals surface area contributed by atoms with Gasteiger partial charge in [0.2, 0.25) is 0 Å². The van der Waals surface area contributed by atoms with Gasteiger partial charge >= 0.3 is 0 Å². The molecule has 0 aliphatic heterocycles. The summed E-state index contributed by atoms with van der Waals surface area (Å²) in [7, 11) is 0. The SMILES string of the molecule is C=C1CC(O)CC2(C)CC[C@@H](C(C)(C)O)C[C@H]12. The molecule has 4 atom stereocenters. The Morgan fingerprint density at radius 3 is 2.65 bits per heavy atom. The maximum atomic E-state index is 10.2. The van der Waals surface area contributed by atoms with E-state index in [4.69, 9.17) is 0 Å². The molecule has 0 aromatic heterocycles. The van der Waals surface area contributed by atoms with E-state index in [1.54, 1.807) is 0 Å². The summed E-state index contributed by atoms with van der Waals surface area (Å²) in [5, 5.41) is 20.1. The Hall–Kier alpha value is -0.340. The topological polar surface area (TPSA) is 40.5 Å². The second kappa shape index (κ2) is 4.10. The zero-order chi connectivity index (χ0) is 12.8. The summed E-state index contributed by atoms with van der Waals surface area (Å²) in [4.78, 5) is 0. The van der Waals surface area contributed by atoms with Crippen molar-refractivity contribution in [2.45, 2.75) is 64.6 Å². The molecule has 98 valence electrons. The standard InChI is InChI=1S/C15H26O2/c1-10-7-12(16)9-15(4)6-5-11(8-13(10)15)14(2,3)17/h11-13,16-17H,1,5-9H2,2-4H3/t11-,12?,13-,15?/m1/s1. The van der Waals surface area contributed by atoms with Crippen molar-refractivity contribution in [3.63, 3.8) is 0 Å². The normalized spacial score (nSPS) is 43.4. The summed E-state index contributed by atoms with van der Waals surface area (Å²) in [6.07, 6.45) is 4.64. The van der Waals surface area contributed by atoms with Gasteiger partial charge in [0, 0.05) is 0 Å². The lowest BCUT2D eigenvalue weighted by atomic mass is 9.55. The zero-order valence-corrected chi connectivity index (χ0v) is 11.4. The molecule has 2 unspecified atom stereocenters. The molecule has 2 nitrogen and oxygen atoms in total. The lowest BCUT2D eigenvalue weighted by Gasteiger charge is -2.51. The van der Waals surface area contributed by atoms with Crippen LogP contribution >= 0.6 is 0 Å². The summed E-state index contributed by atoms with van der Waals surface area (Å²) < 4.78 is 0. The lowest BCUT2D eigenvalue weighted by molar-refractivity contribution is -0.0565. The molecule has 0 radical (unpaired) electrons. The van der Waals surface area contributed by atoms with E-state index in [2.05, 4.69) is 13.5 Å². The molecule has 0 aromatic carbocycles. The van der Waals surface area contributed by atoms with Gasteiger partial charge in [0.05, 0.1) is 11.7 Å². The molecule has 2 aliphatic rings. The monoisotopic (exact) mass is 238 g/mol. The van der Waals surface area contributed by atoms with Crippen molar-refractivity contribution < 1.29 is 10.2 Å². The number of aliphatic hydroxyl groups excluding tert-OH is 1. The van der Waals surface area contributed by atoms with Crippen LogP contribution in [0.3, 0.4) is 0 Å². The summed E-state index contributed by atoms with van der Waals surface area (Å²) in [5.74, 6) is 0.851. The first-order valence-electron chi connectivity index (χ1n) is 6.80. The Labute approximate surface area is 105 Å². The van der Waals surface area contributed by atoms with Crippen LogP contribution in [0.15, 0.2) is 12.2 Å². The Kier molecular flexibility index (Phi) is 3.16. The van der Waals surface area contributed by atoms with Crippen molar-refractivity contribution >= 4 is 0 Å². The first kappa shape index (κ1) is 13.1. The fourth-order valence-electron chi connectivity index (χ4n) is 3.97. The van der Waals surface area contributed by atoms with Crippen molar-refractivity contribution in [3.05, 3.63) is 12.2 Å². The molecule has 0 aromatic rings. The van der Waals surface area contributed by atoms with Gasteiger partial charge in [-0.05, 0) is 63.2 Å². The van der Waals surface area contributed by atoms with Gasteiger partial charge in [-0.1, -0.05) is 19.1 Å². The van der Waals surface area contributed by atoms with E-state index in [-0.39, 0.29) is 11.5 Å². The van der Waals surface area contributed by atoms with Crippen molar-refractivity contribution in [1.82, 2.24) is 0 Å². The predicted octanol–water partition coefficient (Wildman–Crippen LogP) is 2.89. The van der Waals surface area contributed by atoms with Crippen LogP contribution in [0.4, 0.5) is 0 Å². The van der Waals surface area contributed by atoms with Crippen LogP contribution in [0, 0.1) is 17.3 Å². The Bertz CT molecular complexity index is 315. The van der Waals surface area contributed by atoms with Gasteiger partial charge in [-0.15, -0.1) is 0 Å². The van der Waals surface area contributed by atoms with Crippen LogP contribution in [0.5, 0.6) is 0 Å². The van der Waals surface area contributed by atoms with Crippen LogP contribution in [0.25, 0.3) is 0 Å².